The number of rotatable bonds is 3. The molecule has 16 heavy (non-hydrogen) atoms. The van der Waals surface area contributed by atoms with Gasteiger partial charge in [0.2, 0.25) is 5.91 Å². The van der Waals surface area contributed by atoms with Crippen LogP contribution in [0.1, 0.15) is 13.3 Å². The van der Waals surface area contributed by atoms with E-state index in [1.54, 1.807) is 6.92 Å². The molecule has 0 aliphatic rings. The van der Waals surface area contributed by atoms with Gasteiger partial charge < -0.3 is 5.32 Å². The van der Waals surface area contributed by atoms with Crippen LogP contribution in [-0.4, -0.2) is 5.91 Å². The van der Waals surface area contributed by atoms with Crippen LogP contribution in [0.3, 0.4) is 0 Å². The minimum Gasteiger partial charge on any atom is -0.325 e. The van der Waals surface area contributed by atoms with Gasteiger partial charge in [-0.05, 0) is 24.6 Å². The molecule has 0 saturated carbocycles. The predicted octanol–water partition coefficient (Wildman–Crippen LogP) is 2.97. The van der Waals surface area contributed by atoms with Gasteiger partial charge in [0.05, 0.1) is 11.1 Å². The van der Waals surface area contributed by atoms with Crippen LogP contribution < -0.4 is 5.32 Å². The van der Waals surface area contributed by atoms with Crippen molar-refractivity contribution in [1.82, 2.24) is 0 Å². The summed E-state index contributed by atoms with van der Waals surface area (Å²) in [5.41, 5.74) is 0.292. The van der Waals surface area contributed by atoms with Crippen LogP contribution in [0, 0.1) is 23.1 Å². The van der Waals surface area contributed by atoms with Gasteiger partial charge in [-0.3, -0.25) is 4.79 Å². The molecule has 5 heteroatoms. The van der Waals surface area contributed by atoms with Gasteiger partial charge in [0.15, 0.2) is 0 Å². The van der Waals surface area contributed by atoms with Crippen LogP contribution in [-0.2, 0) is 4.79 Å². The van der Waals surface area contributed by atoms with Gasteiger partial charge in [0.25, 0.3) is 0 Å². The molecular weight excluding hydrogens is 231 g/mol. The summed E-state index contributed by atoms with van der Waals surface area (Å²) in [6.45, 7) is 1.73. The maximum atomic E-state index is 13.0. The third kappa shape index (κ3) is 2.94. The lowest BCUT2D eigenvalue weighted by atomic mass is 10.1. The van der Waals surface area contributed by atoms with E-state index in [2.05, 4.69) is 5.32 Å². The quantitative estimate of drug-likeness (QED) is 0.883. The topological polar surface area (TPSA) is 52.9 Å². The minimum absolute atomic E-state index is 0.00896. The molecule has 0 bridgehead atoms. The van der Waals surface area contributed by atoms with Crippen LogP contribution in [0.4, 0.5) is 10.1 Å². The Balaban J connectivity index is 2.78. The lowest BCUT2D eigenvalue weighted by molar-refractivity contribution is -0.118. The molecule has 0 spiro atoms. The first-order chi connectivity index (χ1) is 7.58. The van der Waals surface area contributed by atoms with Crippen LogP contribution >= 0.6 is 11.6 Å². The summed E-state index contributed by atoms with van der Waals surface area (Å²) in [6.07, 6.45) is 0.415. The number of hydrogen-bond acceptors (Lipinski definition) is 2. The number of hydrogen-bond donors (Lipinski definition) is 1. The fraction of sp³-hybridized carbons (Fsp3) is 0.273. The summed E-state index contributed by atoms with van der Waals surface area (Å²) in [4.78, 5) is 11.5. The maximum absolute atomic E-state index is 13.0. The van der Waals surface area contributed by atoms with Crippen LogP contribution in [0.15, 0.2) is 18.2 Å². The van der Waals surface area contributed by atoms with Gasteiger partial charge in [0, 0.05) is 5.69 Å². The van der Waals surface area contributed by atoms with Gasteiger partial charge in [-0.15, -0.1) is 0 Å². The Morgan fingerprint density at radius 3 is 2.88 bits per heavy atom. The van der Waals surface area contributed by atoms with Crippen molar-refractivity contribution in [3.63, 3.8) is 0 Å². The maximum Gasteiger partial charge on any atom is 0.241 e. The summed E-state index contributed by atoms with van der Waals surface area (Å²) >= 11 is 5.49. The van der Waals surface area contributed by atoms with Crippen molar-refractivity contribution in [2.75, 3.05) is 5.32 Å². The molecule has 1 N–H and O–H groups in total. The minimum atomic E-state index is -0.723. The number of nitrogens with zero attached hydrogens (tertiary/aromatic N) is 1. The second-order valence-corrected chi connectivity index (χ2v) is 3.62. The first kappa shape index (κ1) is 12.5. The van der Waals surface area contributed by atoms with Crippen LogP contribution in [0.5, 0.6) is 0 Å². The summed E-state index contributed by atoms with van der Waals surface area (Å²) in [6, 6.07) is 5.81. The summed E-state index contributed by atoms with van der Waals surface area (Å²) < 4.78 is 13.0. The molecule has 1 atom stereocenters. The van der Waals surface area contributed by atoms with Gasteiger partial charge in [-0.25, -0.2) is 4.39 Å². The molecule has 0 aliphatic carbocycles. The Hall–Kier alpha value is -1.60. The molecule has 0 aliphatic heterocycles. The van der Waals surface area contributed by atoms with Crippen LogP contribution in [0.25, 0.3) is 0 Å². The SMILES string of the molecule is CCC(C#N)C(=O)Nc1ccc(Cl)c(F)c1. The zero-order chi connectivity index (χ0) is 12.1. The van der Waals surface area contributed by atoms with Crippen molar-refractivity contribution in [2.24, 2.45) is 5.92 Å². The number of carbonyl (C=O) groups is 1. The Kier molecular flexibility index (Phi) is 4.27. The van der Waals surface area contributed by atoms with Crippen molar-refractivity contribution in [3.05, 3.63) is 29.0 Å². The molecule has 1 amide bonds. The number of nitriles is 1. The molecule has 1 rings (SSSR count). The highest BCUT2D eigenvalue weighted by Gasteiger charge is 2.15. The number of carbonyl (C=O) groups excluding carboxylic acids is 1. The summed E-state index contributed by atoms with van der Waals surface area (Å²) in [7, 11) is 0. The fourth-order valence-corrected chi connectivity index (χ4v) is 1.26. The highest BCUT2D eigenvalue weighted by molar-refractivity contribution is 6.30. The second-order valence-electron chi connectivity index (χ2n) is 3.21. The van der Waals surface area contributed by atoms with E-state index in [0.29, 0.717) is 12.1 Å². The standard InChI is InChI=1S/C11H10ClFN2O/c1-2-7(6-14)11(16)15-8-3-4-9(12)10(13)5-8/h3-5,7H,2H2,1H3,(H,15,16). The van der Waals surface area contributed by atoms with Crippen LogP contribution in [0.2, 0.25) is 5.02 Å². The van der Waals surface area contributed by atoms with Gasteiger partial charge in [-0.1, -0.05) is 18.5 Å². The molecule has 0 saturated heterocycles. The van der Waals surface area contributed by atoms with E-state index in [-0.39, 0.29) is 5.02 Å². The van der Waals surface area contributed by atoms with E-state index in [1.165, 1.54) is 12.1 Å². The zero-order valence-corrected chi connectivity index (χ0v) is 9.38. The second kappa shape index (κ2) is 5.47. The normalized spacial score (nSPS) is 11.6. The van der Waals surface area contributed by atoms with Crippen molar-refractivity contribution < 1.29 is 9.18 Å². The molecule has 3 nitrogen and oxygen atoms in total. The van der Waals surface area contributed by atoms with Gasteiger partial charge in [0.1, 0.15) is 11.7 Å². The van der Waals surface area contributed by atoms with Gasteiger partial charge in [-0.2, -0.15) is 5.26 Å². The number of benzene rings is 1. The van der Waals surface area contributed by atoms with Crippen molar-refractivity contribution >= 4 is 23.2 Å². The lowest BCUT2D eigenvalue weighted by Gasteiger charge is -2.08. The first-order valence-electron chi connectivity index (χ1n) is 4.74. The van der Waals surface area contributed by atoms with Crippen molar-refractivity contribution in [2.45, 2.75) is 13.3 Å². The van der Waals surface area contributed by atoms with Gasteiger partial charge >= 0.3 is 0 Å². The highest BCUT2D eigenvalue weighted by Crippen LogP contribution is 2.19. The largest absolute Gasteiger partial charge is 0.325 e. The smallest absolute Gasteiger partial charge is 0.241 e. The molecule has 0 radical (unpaired) electrons. The summed E-state index contributed by atoms with van der Waals surface area (Å²) in [5.74, 6) is -1.77. The number of halogens is 2. The Morgan fingerprint density at radius 2 is 2.38 bits per heavy atom. The van der Waals surface area contributed by atoms with E-state index in [9.17, 15) is 9.18 Å². The Bertz CT molecular complexity index is 442. The average Bonchev–Trinajstić information content (AvgIpc) is 2.25. The Morgan fingerprint density at radius 1 is 1.69 bits per heavy atom. The van der Waals surface area contributed by atoms with E-state index < -0.39 is 17.6 Å². The molecule has 0 fully saturated rings. The Labute approximate surface area is 97.8 Å². The number of anilines is 1. The lowest BCUT2D eigenvalue weighted by Crippen LogP contribution is -2.20. The molecule has 1 unspecified atom stereocenters. The molecule has 1 aromatic rings. The molecule has 1 aromatic carbocycles. The van der Waals surface area contributed by atoms with E-state index in [1.807, 2.05) is 6.07 Å². The monoisotopic (exact) mass is 240 g/mol. The molecule has 0 aromatic heterocycles. The molecular formula is C11H10ClFN2O. The zero-order valence-electron chi connectivity index (χ0n) is 8.63. The fourth-order valence-electron chi connectivity index (χ4n) is 1.14. The number of nitrogens with one attached hydrogen (secondary N) is 1. The third-order valence-corrected chi connectivity index (χ3v) is 2.37. The third-order valence-electron chi connectivity index (χ3n) is 2.07. The predicted molar refractivity (Wildman–Crippen MR) is 59.4 cm³/mol. The van der Waals surface area contributed by atoms with E-state index >= 15 is 0 Å². The van der Waals surface area contributed by atoms with Crippen molar-refractivity contribution in [1.29, 1.82) is 5.26 Å². The van der Waals surface area contributed by atoms with Crippen molar-refractivity contribution in [3.8, 4) is 6.07 Å². The van der Waals surface area contributed by atoms with E-state index in [4.69, 9.17) is 16.9 Å². The molecule has 84 valence electrons. The summed E-state index contributed by atoms with van der Waals surface area (Å²) in [5, 5.41) is 11.1. The number of amides is 1. The first-order valence-corrected chi connectivity index (χ1v) is 5.11. The highest BCUT2D eigenvalue weighted by atomic mass is 35.5. The molecule has 0 heterocycles. The average molecular weight is 241 g/mol. The van der Waals surface area contributed by atoms with E-state index in [0.717, 1.165) is 6.07 Å².